The third-order valence-corrected chi connectivity index (χ3v) is 6.03. The van der Waals surface area contributed by atoms with Crippen molar-refractivity contribution in [3.05, 3.63) is 24.3 Å². The Kier molecular flexibility index (Phi) is 7.30. The largest absolute Gasteiger partial charge is 0.454 e. The SMILES string of the molecule is CCN(c1ccc(NC(=O)COC(=O)CN2C(=O)C3CCCCC3C2=O)cc1)C(C)C. The highest BCUT2D eigenvalue weighted by atomic mass is 16.5. The Bertz CT molecular complexity index is 812. The maximum absolute atomic E-state index is 12.4. The second kappa shape index (κ2) is 9.94. The van der Waals surface area contributed by atoms with Gasteiger partial charge in [-0.25, -0.2) is 0 Å². The fourth-order valence-corrected chi connectivity index (χ4v) is 4.49. The van der Waals surface area contributed by atoms with E-state index in [9.17, 15) is 19.2 Å². The number of amides is 3. The lowest BCUT2D eigenvalue weighted by Crippen LogP contribution is -2.37. The predicted molar refractivity (Wildman–Crippen MR) is 116 cm³/mol. The molecule has 1 aliphatic carbocycles. The molecule has 3 rings (SSSR count). The van der Waals surface area contributed by atoms with E-state index in [1.54, 1.807) is 12.1 Å². The van der Waals surface area contributed by atoms with E-state index >= 15 is 0 Å². The maximum atomic E-state index is 12.4. The highest BCUT2D eigenvalue weighted by Crippen LogP contribution is 2.37. The molecule has 1 aromatic carbocycles. The van der Waals surface area contributed by atoms with Crippen LogP contribution in [0.5, 0.6) is 0 Å². The van der Waals surface area contributed by atoms with Gasteiger partial charge in [0.25, 0.3) is 5.91 Å². The summed E-state index contributed by atoms with van der Waals surface area (Å²) in [4.78, 5) is 52.3. The van der Waals surface area contributed by atoms with Gasteiger partial charge in [-0.3, -0.25) is 24.1 Å². The summed E-state index contributed by atoms with van der Waals surface area (Å²) in [6, 6.07) is 7.81. The van der Waals surface area contributed by atoms with Crippen molar-refractivity contribution < 1.29 is 23.9 Å². The molecule has 1 aromatic rings. The Hall–Kier alpha value is -2.90. The van der Waals surface area contributed by atoms with Crippen molar-refractivity contribution in [1.29, 1.82) is 0 Å². The van der Waals surface area contributed by atoms with Gasteiger partial charge in [0.15, 0.2) is 6.61 Å². The van der Waals surface area contributed by atoms with Gasteiger partial charge >= 0.3 is 5.97 Å². The number of likely N-dealkylation sites (tertiary alicyclic amines) is 1. The summed E-state index contributed by atoms with van der Waals surface area (Å²) in [6.45, 7) is 6.28. The van der Waals surface area contributed by atoms with E-state index < -0.39 is 25.0 Å². The molecule has 0 aromatic heterocycles. The lowest BCUT2D eigenvalue weighted by Gasteiger charge is -2.27. The van der Waals surface area contributed by atoms with Crippen LogP contribution in [0.1, 0.15) is 46.5 Å². The first kappa shape index (κ1) is 22.8. The summed E-state index contributed by atoms with van der Waals surface area (Å²) < 4.78 is 4.99. The number of anilines is 2. The number of nitrogens with zero attached hydrogens (tertiary/aromatic N) is 2. The average Bonchev–Trinajstić information content (AvgIpc) is 2.99. The van der Waals surface area contributed by atoms with Crippen LogP contribution in [-0.2, 0) is 23.9 Å². The second-order valence-corrected chi connectivity index (χ2v) is 8.40. The molecule has 1 aliphatic heterocycles. The van der Waals surface area contributed by atoms with E-state index in [0.717, 1.165) is 30.0 Å². The molecular weight excluding hydrogens is 398 g/mol. The first-order valence-electron chi connectivity index (χ1n) is 11.0. The van der Waals surface area contributed by atoms with Crippen LogP contribution in [0.2, 0.25) is 0 Å². The standard InChI is InChI=1S/C23H31N3O5/c1-4-25(15(2)3)17-11-9-16(10-12-17)24-20(27)14-31-21(28)13-26-22(29)18-7-5-6-8-19(18)23(26)30/h9-12,15,18-19H,4-8,13-14H2,1-3H3,(H,24,27). The van der Waals surface area contributed by atoms with E-state index in [0.29, 0.717) is 24.6 Å². The summed E-state index contributed by atoms with van der Waals surface area (Å²) in [5, 5.41) is 2.68. The van der Waals surface area contributed by atoms with Crippen molar-refractivity contribution in [3.63, 3.8) is 0 Å². The molecule has 2 unspecified atom stereocenters. The molecule has 8 heteroatoms. The minimum Gasteiger partial charge on any atom is -0.454 e. The third kappa shape index (κ3) is 5.24. The molecule has 168 valence electrons. The van der Waals surface area contributed by atoms with Crippen LogP contribution in [0.25, 0.3) is 0 Å². The van der Waals surface area contributed by atoms with Crippen LogP contribution in [0.3, 0.4) is 0 Å². The molecular formula is C23H31N3O5. The maximum Gasteiger partial charge on any atom is 0.326 e. The molecule has 8 nitrogen and oxygen atoms in total. The highest BCUT2D eigenvalue weighted by molar-refractivity contribution is 6.07. The van der Waals surface area contributed by atoms with Gasteiger partial charge in [-0.2, -0.15) is 0 Å². The Morgan fingerprint density at radius 1 is 1.10 bits per heavy atom. The lowest BCUT2D eigenvalue weighted by molar-refractivity contribution is -0.154. The number of benzene rings is 1. The normalized spacial score (nSPS) is 20.6. The van der Waals surface area contributed by atoms with Crippen LogP contribution in [0, 0.1) is 11.8 Å². The minimum absolute atomic E-state index is 0.293. The summed E-state index contributed by atoms with van der Waals surface area (Å²) in [6.07, 6.45) is 3.23. The number of rotatable bonds is 8. The third-order valence-electron chi connectivity index (χ3n) is 6.03. The first-order valence-corrected chi connectivity index (χ1v) is 11.0. The van der Waals surface area contributed by atoms with Gasteiger partial charge in [-0.1, -0.05) is 12.8 Å². The molecule has 0 bridgehead atoms. The zero-order valence-corrected chi connectivity index (χ0v) is 18.4. The monoisotopic (exact) mass is 429 g/mol. The predicted octanol–water partition coefficient (Wildman–Crippen LogP) is 2.58. The van der Waals surface area contributed by atoms with Crippen molar-refractivity contribution in [3.8, 4) is 0 Å². The van der Waals surface area contributed by atoms with Gasteiger partial charge in [0, 0.05) is 24.0 Å². The van der Waals surface area contributed by atoms with E-state index in [1.165, 1.54) is 0 Å². The summed E-state index contributed by atoms with van der Waals surface area (Å²) >= 11 is 0. The van der Waals surface area contributed by atoms with Crippen LogP contribution in [0.4, 0.5) is 11.4 Å². The van der Waals surface area contributed by atoms with Crippen molar-refractivity contribution >= 4 is 35.1 Å². The van der Waals surface area contributed by atoms with Crippen LogP contribution in [-0.4, -0.2) is 54.3 Å². The smallest absolute Gasteiger partial charge is 0.326 e. The number of hydrogen-bond acceptors (Lipinski definition) is 6. The van der Waals surface area contributed by atoms with Gasteiger partial charge in [0.1, 0.15) is 6.54 Å². The second-order valence-electron chi connectivity index (χ2n) is 8.40. The van der Waals surface area contributed by atoms with E-state index in [1.807, 2.05) is 12.1 Å². The number of carbonyl (C=O) groups is 4. The molecule has 1 saturated carbocycles. The number of esters is 1. The molecule has 1 N–H and O–H groups in total. The summed E-state index contributed by atoms with van der Waals surface area (Å²) in [5.41, 5.74) is 1.65. The van der Waals surface area contributed by atoms with E-state index in [-0.39, 0.29) is 23.7 Å². The Morgan fingerprint density at radius 3 is 2.19 bits per heavy atom. The Morgan fingerprint density at radius 2 is 1.68 bits per heavy atom. The topological polar surface area (TPSA) is 96.0 Å². The zero-order valence-electron chi connectivity index (χ0n) is 18.4. The molecule has 2 aliphatic rings. The van der Waals surface area contributed by atoms with E-state index in [2.05, 4.69) is 31.0 Å². The first-order chi connectivity index (χ1) is 14.8. The number of imide groups is 1. The molecule has 31 heavy (non-hydrogen) atoms. The minimum atomic E-state index is -0.763. The zero-order chi connectivity index (χ0) is 22.5. The molecule has 0 radical (unpaired) electrons. The van der Waals surface area contributed by atoms with Gasteiger partial charge in [0.05, 0.1) is 11.8 Å². The average molecular weight is 430 g/mol. The van der Waals surface area contributed by atoms with Crippen molar-refractivity contribution in [2.24, 2.45) is 11.8 Å². The van der Waals surface area contributed by atoms with E-state index in [4.69, 9.17) is 4.74 Å². The van der Waals surface area contributed by atoms with Crippen LogP contribution < -0.4 is 10.2 Å². The Labute approximate surface area is 182 Å². The summed E-state index contributed by atoms with van der Waals surface area (Å²) in [5.74, 6) is -2.44. The number of carbonyl (C=O) groups excluding carboxylic acids is 4. The number of fused-ring (bicyclic) bond motifs is 1. The molecule has 3 amide bonds. The number of hydrogen-bond donors (Lipinski definition) is 1. The fourth-order valence-electron chi connectivity index (χ4n) is 4.49. The molecule has 0 spiro atoms. The van der Waals surface area contributed by atoms with Gasteiger partial charge in [-0.15, -0.1) is 0 Å². The van der Waals surface area contributed by atoms with Crippen LogP contribution in [0.15, 0.2) is 24.3 Å². The summed E-state index contributed by atoms with van der Waals surface area (Å²) in [7, 11) is 0. The Balaban J connectivity index is 1.47. The molecule has 2 fully saturated rings. The molecule has 1 heterocycles. The van der Waals surface area contributed by atoms with Gasteiger partial charge in [0.2, 0.25) is 11.8 Å². The fraction of sp³-hybridized carbons (Fsp3) is 0.565. The van der Waals surface area contributed by atoms with Crippen molar-refractivity contribution in [2.75, 3.05) is 29.9 Å². The number of ether oxygens (including phenoxy) is 1. The quantitative estimate of drug-likeness (QED) is 0.504. The van der Waals surface area contributed by atoms with Crippen molar-refractivity contribution in [2.45, 2.75) is 52.5 Å². The number of nitrogens with one attached hydrogen (secondary N) is 1. The van der Waals surface area contributed by atoms with Crippen LogP contribution >= 0.6 is 0 Å². The van der Waals surface area contributed by atoms with Gasteiger partial charge < -0.3 is 15.0 Å². The van der Waals surface area contributed by atoms with Crippen molar-refractivity contribution in [1.82, 2.24) is 4.90 Å². The lowest BCUT2D eigenvalue weighted by atomic mass is 9.81. The highest BCUT2D eigenvalue weighted by Gasteiger charge is 2.48. The molecule has 1 saturated heterocycles. The van der Waals surface area contributed by atoms with Gasteiger partial charge in [-0.05, 0) is 57.9 Å². The molecule has 2 atom stereocenters.